The molecular formula is C34H45N7O8. The number of urea groups is 1. The largest absolute Gasteiger partial charge is 0.481 e. The van der Waals surface area contributed by atoms with Gasteiger partial charge in [-0.05, 0) is 67.9 Å². The van der Waals surface area contributed by atoms with E-state index in [4.69, 9.17) is 5.73 Å². The number of hydrogen-bond donors (Lipinski definition) is 7. The zero-order chi connectivity index (χ0) is 36.1. The first-order valence-electron chi connectivity index (χ1n) is 16.1. The Bertz CT molecular complexity index is 1530. The highest BCUT2D eigenvalue weighted by molar-refractivity contribution is 6.00. The molecule has 1 aliphatic rings. The van der Waals surface area contributed by atoms with Gasteiger partial charge in [0.05, 0.1) is 19.4 Å². The lowest BCUT2D eigenvalue weighted by atomic mass is 10.0. The van der Waals surface area contributed by atoms with Crippen molar-refractivity contribution in [3.63, 3.8) is 0 Å². The molecule has 0 saturated carbocycles. The van der Waals surface area contributed by atoms with Crippen molar-refractivity contribution >= 4 is 52.9 Å². The second kappa shape index (κ2) is 18.2. The number of aryl methyl sites for hydroxylation is 1. The second-order valence-corrected chi connectivity index (χ2v) is 12.5. The molecule has 15 nitrogen and oxygen atoms in total. The number of hydrogen-bond acceptors (Lipinski definition) is 7. The van der Waals surface area contributed by atoms with Crippen LogP contribution in [0.3, 0.4) is 0 Å². The van der Waals surface area contributed by atoms with Crippen LogP contribution in [0.2, 0.25) is 0 Å². The van der Waals surface area contributed by atoms with Gasteiger partial charge in [0, 0.05) is 17.9 Å². The Hall–Kier alpha value is -5.47. The van der Waals surface area contributed by atoms with E-state index in [1.165, 1.54) is 4.90 Å². The fourth-order valence-electron chi connectivity index (χ4n) is 5.35. The number of rotatable bonds is 15. The monoisotopic (exact) mass is 679 g/mol. The summed E-state index contributed by atoms with van der Waals surface area (Å²) in [5.74, 6) is -4.78. The number of carbonyl (C=O) groups is 7. The lowest BCUT2D eigenvalue weighted by Crippen LogP contribution is -2.57. The van der Waals surface area contributed by atoms with Gasteiger partial charge in [0.1, 0.15) is 18.1 Å². The maximum absolute atomic E-state index is 13.4. The minimum Gasteiger partial charge on any atom is -0.481 e. The van der Waals surface area contributed by atoms with Crippen LogP contribution in [0.5, 0.6) is 0 Å². The number of nitrogens with two attached hydrogens (primary N) is 1. The van der Waals surface area contributed by atoms with Crippen LogP contribution in [-0.4, -0.2) is 82.8 Å². The van der Waals surface area contributed by atoms with Crippen LogP contribution < -0.4 is 32.3 Å². The van der Waals surface area contributed by atoms with Gasteiger partial charge in [0.15, 0.2) is 0 Å². The first kappa shape index (κ1) is 38.0. The zero-order valence-electron chi connectivity index (χ0n) is 27.9. The molecule has 8 N–H and O–H groups in total. The van der Waals surface area contributed by atoms with Crippen LogP contribution in [0.1, 0.15) is 57.1 Å². The van der Waals surface area contributed by atoms with E-state index >= 15 is 0 Å². The third-order valence-electron chi connectivity index (χ3n) is 7.78. The predicted octanol–water partition coefficient (Wildman–Crippen LogP) is 1.65. The summed E-state index contributed by atoms with van der Waals surface area (Å²) in [5.41, 5.74) is 7.94. The summed E-state index contributed by atoms with van der Waals surface area (Å²) >= 11 is 0. The Balaban J connectivity index is 1.62. The Morgan fingerprint density at radius 2 is 1.61 bits per heavy atom. The summed E-state index contributed by atoms with van der Waals surface area (Å²) in [4.78, 5) is 89.3. The SMILES string of the molecule is Cc1ccccc1NC(=O)Nc1ccc(CC(=O)NC(CC(C)C)C(=O)NC(CC(=O)O)C(=O)NC2CCCCN(CC(N)=O)C2=O)cc1. The van der Waals surface area contributed by atoms with Gasteiger partial charge in [0.25, 0.3) is 0 Å². The molecule has 0 spiro atoms. The van der Waals surface area contributed by atoms with Crippen LogP contribution in [-0.2, 0) is 35.2 Å². The Morgan fingerprint density at radius 1 is 0.918 bits per heavy atom. The molecule has 2 aromatic carbocycles. The van der Waals surface area contributed by atoms with Crippen LogP contribution in [0.4, 0.5) is 16.2 Å². The molecule has 0 radical (unpaired) electrons. The first-order chi connectivity index (χ1) is 23.2. The number of carboxylic acid groups (broad SMARTS) is 1. The van der Waals surface area contributed by atoms with E-state index < -0.39 is 66.1 Å². The third kappa shape index (κ3) is 12.6. The number of aliphatic carboxylic acids is 1. The summed E-state index contributed by atoms with van der Waals surface area (Å²) in [6.45, 7) is 5.52. The fourth-order valence-corrected chi connectivity index (χ4v) is 5.35. The van der Waals surface area contributed by atoms with Crippen molar-refractivity contribution in [2.45, 2.75) is 77.4 Å². The summed E-state index contributed by atoms with van der Waals surface area (Å²) in [7, 11) is 0. The summed E-state index contributed by atoms with van der Waals surface area (Å²) in [6, 6.07) is 9.85. The molecular weight excluding hydrogens is 634 g/mol. The lowest BCUT2D eigenvalue weighted by Gasteiger charge is -2.26. The number of nitrogens with one attached hydrogen (secondary N) is 5. The zero-order valence-corrected chi connectivity index (χ0v) is 27.9. The van der Waals surface area contributed by atoms with Crippen molar-refractivity contribution in [2.75, 3.05) is 23.7 Å². The molecule has 0 aromatic heterocycles. The normalized spacial score (nSPS) is 15.7. The second-order valence-electron chi connectivity index (χ2n) is 12.5. The van der Waals surface area contributed by atoms with Gasteiger partial charge in [0.2, 0.25) is 29.5 Å². The highest BCUT2D eigenvalue weighted by Gasteiger charge is 2.34. The average molecular weight is 680 g/mol. The molecule has 1 heterocycles. The number of benzene rings is 2. The van der Waals surface area contributed by atoms with E-state index in [0.717, 1.165) is 5.56 Å². The number of amides is 7. The van der Waals surface area contributed by atoms with Gasteiger partial charge in [-0.3, -0.25) is 28.8 Å². The van der Waals surface area contributed by atoms with Crippen molar-refractivity contribution in [2.24, 2.45) is 11.7 Å². The molecule has 1 aliphatic heterocycles. The minimum absolute atomic E-state index is 0.0566. The van der Waals surface area contributed by atoms with E-state index in [0.29, 0.717) is 29.8 Å². The van der Waals surface area contributed by atoms with Gasteiger partial charge in [-0.15, -0.1) is 0 Å². The van der Waals surface area contributed by atoms with E-state index in [-0.39, 0.29) is 38.3 Å². The molecule has 1 saturated heterocycles. The number of carboxylic acids is 1. The topological polar surface area (TPSA) is 229 Å². The van der Waals surface area contributed by atoms with Gasteiger partial charge >= 0.3 is 12.0 Å². The van der Waals surface area contributed by atoms with Crippen LogP contribution in [0.25, 0.3) is 0 Å². The molecule has 0 bridgehead atoms. The number of para-hydroxylation sites is 1. The quantitative estimate of drug-likeness (QED) is 0.146. The van der Waals surface area contributed by atoms with Crippen molar-refractivity contribution in [1.82, 2.24) is 20.9 Å². The third-order valence-corrected chi connectivity index (χ3v) is 7.78. The van der Waals surface area contributed by atoms with Crippen LogP contribution in [0.15, 0.2) is 48.5 Å². The Kier molecular flexibility index (Phi) is 14.1. The number of carbonyl (C=O) groups excluding carboxylic acids is 6. The molecule has 3 unspecified atom stereocenters. The Labute approximate surface area is 284 Å². The van der Waals surface area contributed by atoms with Gasteiger partial charge in [-0.1, -0.05) is 44.2 Å². The number of anilines is 2. The Morgan fingerprint density at radius 3 is 2.24 bits per heavy atom. The molecule has 3 rings (SSSR count). The fraction of sp³-hybridized carbons (Fsp3) is 0.441. The minimum atomic E-state index is -1.54. The first-order valence-corrected chi connectivity index (χ1v) is 16.1. The smallest absolute Gasteiger partial charge is 0.323 e. The van der Waals surface area contributed by atoms with Gasteiger partial charge in [-0.2, -0.15) is 0 Å². The maximum atomic E-state index is 13.4. The molecule has 264 valence electrons. The molecule has 7 amide bonds. The van der Waals surface area contributed by atoms with Crippen LogP contribution >= 0.6 is 0 Å². The summed E-state index contributed by atoms with van der Waals surface area (Å²) in [5, 5.41) is 22.6. The van der Waals surface area contributed by atoms with Crippen molar-refractivity contribution < 1.29 is 38.7 Å². The van der Waals surface area contributed by atoms with Crippen LogP contribution in [0, 0.1) is 12.8 Å². The number of likely N-dealkylation sites (tertiary alicyclic amines) is 1. The lowest BCUT2D eigenvalue weighted by molar-refractivity contribution is -0.142. The standard InChI is InChI=1S/C34H45N7O8/c1-20(2)16-26(37-29(43)17-22-11-13-23(14-12-22)36-34(49)40-24-9-5-4-8-21(24)3)31(46)39-27(18-30(44)45)32(47)38-25-10-6-7-15-41(33(25)48)19-28(35)42/h4-5,8-9,11-14,20,25-27H,6-7,10,15-19H2,1-3H3,(H2,35,42)(H,37,43)(H,38,47)(H,39,46)(H,44,45)(H2,36,40,49). The van der Waals surface area contributed by atoms with E-state index in [1.807, 2.05) is 39.0 Å². The summed E-state index contributed by atoms with van der Waals surface area (Å²) < 4.78 is 0. The molecule has 2 aromatic rings. The van der Waals surface area contributed by atoms with Crippen molar-refractivity contribution in [3.05, 3.63) is 59.7 Å². The molecule has 3 atom stereocenters. The highest BCUT2D eigenvalue weighted by atomic mass is 16.4. The summed E-state index contributed by atoms with van der Waals surface area (Å²) in [6.07, 6.45) is 0.743. The molecule has 1 fully saturated rings. The maximum Gasteiger partial charge on any atom is 0.323 e. The van der Waals surface area contributed by atoms with E-state index in [1.54, 1.807) is 30.3 Å². The molecule has 15 heteroatoms. The molecule has 49 heavy (non-hydrogen) atoms. The van der Waals surface area contributed by atoms with Gasteiger partial charge < -0.3 is 42.3 Å². The molecule has 0 aliphatic carbocycles. The van der Waals surface area contributed by atoms with Crippen molar-refractivity contribution in [1.29, 1.82) is 0 Å². The van der Waals surface area contributed by atoms with Crippen molar-refractivity contribution in [3.8, 4) is 0 Å². The van der Waals surface area contributed by atoms with E-state index in [2.05, 4.69) is 26.6 Å². The number of primary amides is 1. The number of nitrogens with zero attached hydrogens (tertiary/aromatic N) is 1. The van der Waals surface area contributed by atoms with E-state index in [9.17, 15) is 38.7 Å². The predicted molar refractivity (Wildman–Crippen MR) is 181 cm³/mol. The highest BCUT2D eigenvalue weighted by Crippen LogP contribution is 2.16. The van der Waals surface area contributed by atoms with Gasteiger partial charge in [-0.25, -0.2) is 4.79 Å². The average Bonchev–Trinajstić information content (AvgIpc) is 3.18.